The highest BCUT2D eigenvalue weighted by atomic mass is 35.5. The lowest BCUT2D eigenvalue weighted by molar-refractivity contribution is 0.471. The largest absolute Gasteiger partial charge is 0.429 e. The molecule has 0 N–H and O–H groups in total. The van der Waals surface area contributed by atoms with Crippen LogP contribution in [0.5, 0.6) is 5.75 Å². The Hall–Kier alpha value is -1.76. The van der Waals surface area contributed by atoms with Gasteiger partial charge in [0.1, 0.15) is 5.75 Å². The van der Waals surface area contributed by atoms with Crippen molar-refractivity contribution >= 4 is 44.4 Å². The van der Waals surface area contributed by atoms with Gasteiger partial charge in [-0.15, -0.1) is 4.09 Å². The Balaban J connectivity index is 2.02. The van der Waals surface area contributed by atoms with Gasteiger partial charge in [-0.05, 0) is 30.3 Å². The molecule has 0 aliphatic rings. The van der Waals surface area contributed by atoms with E-state index in [9.17, 15) is 8.42 Å². The zero-order valence-corrected chi connectivity index (χ0v) is 12.7. The van der Waals surface area contributed by atoms with E-state index in [0.717, 1.165) is 4.09 Å². The lowest BCUT2D eigenvalue weighted by atomic mass is 10.3. The minimum Gasteiger partial charge on any atom is -0.365 e. The van der Waals surface area contributed by atoms with Gasteiger partial charge in [0, 0.05) is 11.5 Å². The van der Waals surface area contributed by atoms with Gasteiger partial charge in [-0.25, -0.2) is 0 Å². The third-order valence-corrected chi connectivity index (χ3v) is 4.54. The van der Waals surface area contributed by atoms with E-state index in [-0.39, 0.29) is 10.8 Å². The Bertz CT molecular complexity index is 922. The molecule has 3 rings (SSSR count). The average Bonchev–Trinajstić information content (AvgIpc) is 2.87. The van der Waals surface area contributed by atoms with Crippen molar-refractivity contribution in [2.75, 3.05) is 0 Å². The van der Waals surface area contributed by atoms with Crippen LogP contribution in [0, 0.1) is 6.07 Å². The van der Waals surface area contributed by atoms with Crippen molar-refractivity contribution in [2.45, 2.75) is 0 Å². The van der Waals surface area contributed by atoms with E-state index in [2.05, 4.69) is 11.2 Å². The van der Waals surface area contributed by atoms with Crippen molar-refractivity contribution < 1.29 is 12.6 Å². The molecule has 0 atom stereocenters. The number of fused-ring (bicyclic) bond motifs is 1. The highest BCUT2D eigenvalue weighted by molar-refractivity contribution is 7.85. The maximum absolute atomic E-state index is 12.3. The Labute approximate surface area is 130 Å². The molecule has 1 radical (unpaired) electrons. The van der Waals surface area contributed by atoms with Gasteiger partial charge < -0.3 is 4.18 Å². The molecule has 0 saturated carbocycles. The first kappa shape index (κ1) is 14.2. The van der Waals surface area contributed by atoms with Crippen molar-refractivity contribution in [1.29, 1.82) is 0 Å². The molecule has 0 aliphatic carbocycles. The van der Waals surface area contributed by atoms with Gasteiger partial charge in [-0.3, -0.25) is 0 Å². The molecular formula is C13H7Cl2N2O3S. The van der Waals surface area contributed by atoms with E-state index in [1.807, 2.05) is 0 Å². The van der Waals surface area contributed by atoms with E-state index in [1.54, 1.807) is 18.2 Å². The van der Waals surface area contributed by atoms with Gasteiger partial charge in [0.15, 0.2) is 0 Å². The molecule has 1 heterocycles. The fourth-order valence-corrected chi connectivity index (χ4v) is 3.03. The lowest BCUT2D eigenvalue weighted by Gasteiger charge is -2.08. The highest BCUT2D eigenvalue weighted by Gasteiger charge is 2.20. The molecule has 0 spiro atoms. The zero-order chi connectivity index (χ0) is 15.0. The molecule has 107 valence electrons. The standard InChI is InChI=1S/C13H7Cl2N2O3S/c14-11-6-5-10(7-12(11)15)20-21(18,19)17-13-4-2-1-3-9(13)8-16-17/h2-8H. The Kier molecular flexibility index (Phi) is 3.52. The van der Waals surface area contributed by atoms with Crippen LogP contribution in [0.4, 0.5) is 0 Å². The maximum atomic E-state index is 12.3. The third-order valence-electron chi connectivity index (χ3n) is 2.68. The molecular weight excluding hydrogens is 335 g/mol. The van der Waals surface area contributed by atoms with Crippen molar-refractivity contribution in [3.05, 3.63) is 58.7 Å². The molecule has 0 amide bonds. The van der Waals surface area contributed by atoms with Crippen LogP contribution in [-0.4, -0.2) is 17.6 Å². The topological polar surface area (TPSA) is 61.2 Å². The van der Waals surface area contributed by atoms with Gasteiger partial charge >= 0.3 is 10.3 Å². The molecule has 0 bridgehead atoms. The molecule has 0 saturated heterocycles. The van der Waals surface area contributed by atoms with Crippen LogP contribution in [-0.2, 0) is 10.3 Å². The van der Waals surface area contributed by atoms with Gasteiger partial charge in [0.25, 0.3) is 0 Å². The van der Waals surface area contributed by atoms with Crippen LogP contribution in [0.1, 0.15) is 0 Å². The minimum absolute atomic E-state index is 0.0514. The summed E-state index contributed by atoms with van der Waals surface area (Å²) < 4.78 is 30.3. The first-order chi connectivity index (χ1) is 9.97. The average molecular weight is 342 g/mol. The highest BCUT2D eigenvalue weighted by Crippen LogP contribution is 2.27. The summed E-state index contributed by atoms with van der Waals surface area (Å²) in [5.74, 6) is 0.0514. The van der Waals surface area contributed by atoms with E-state index in [1.165, 1.54) is 24.4 Å². The first-order valence-electron chi connectivity index (χ1n) is 5.71. The molecule has 5 nitrogen and oxygen atoms in total. The molecule has 0 fully saturated rings. The van der Waals surface area contributed by atoms with Crippen LogP contribution in [0.3, 0.4) is 0 Å². The molecule has 0 unspecified atom stereocenters. The van der Waals surface area contributed by atoms with Crippen molar-refractivity contribution in [2.24, 2.45) is 0 Å². The SMILES string of the molecule is O=S(=O)(Oc1ccc(Cl)c(Cl)c1)n1ncc2c[c]ccc21. The molecule has 21 heavy (non-hydrogen) atoms. The summed E-state index contributed by atoms with van der Waals surface area (Å²) in [6.45, 7) is 0. The van der Waals surface area contributed by atoms with E-state index in [4.69, 9.17) is 27.4 Å². The van der Waals surface area contributed by atoms with Gasteiger partial charge in [0.2, 0.25) is 0 Å². The van der Waals surface area contributed by atoms with Crippen molar-refractivity contribution in [3.8, 4) is 5.75 Å². The molecule has 2 aromatic carbocycles. The third kappa shape index (κ3) is 2.70. The summed E-state index contributed by atoms with van der Waals surface area (Å²) >= 11 is 11.6. The predicted octanol–water partition coefficient (Wildman–Crippen LogP) is 3.32. The fourth-order valence-electron chi connectivity index (χ4n) is 1.75. The van der Waals surface area contributed by atoms with Crippen LogP contribution < -0.4 is 4.18 Å². The van der Waals surface area contributed by atoms with E-state index in [0.29, 0.717) is 15.9 Å². The summed E-state index contributed by atoms with van der Waals surface area (Å²) in [5, 5.41) is 4.97. The summed E-state index contributed by atoms with van der Waals surface area (Å²) in [4.78, 5) is 0. The van der Waals surface area contributed by atoms with E-state index >= 15 is 0 Å². The fraction of sp³-hybridized carbons (Fsp3) is 0. The molecule has 8 heteroatoms. The molecule has 3 aromatic rings. The van der Waals surface area contributed by atoms with Gasteiger partial charge in [0.05, 0.1) is 21.8 Å². The Morgan fingerprint density at radius 1 is 1.19 bits per heavy atom. The molecule has 1 aromatic heterocycles. The number of hydrogen-bond acceptors (Lipinski definition) is 4. The summed E-state index contributed by atoms with van der Waals surface area (Å²) in [5.41, 5.74) is 0.397. The van der Waals surface area contributed by atoms with Gasteiger partial charge in [-0.2, -0.15) is 13.5 Å². The minimum atomic E-state index is -4.14. The number of hydrogen-bond donors (Lipinski definition) is 0. The monoisotopic (exact) mass is 341 g/mol. The van der Waals surface area contributed by atoms with Crippen molar-refractivity contribution in [1.82, 2.24) is 9.19 Å². The number of aromatic nitrogens is 2. The summed E-state index contributed by atoms with van der Waals surface area (Å²) in [7, 11) is -4.14. The smallest absolute Gasteiger partial charge is 0.365 e. The number of benzene rings is 2. The number of halogens is 2. The van der Waals surface area contributed by atoms with Crippen LogP contribution in [0.2, 0.25) is 10.0 Å². The van der Waals surface area contributed by atoms with Crippen LogP contribution >= 0.6 is 23.2 Å². The Morgan fingerprint density at radius 2 is 2.00 bits per heavy atom. The van der Waals surface area contributed by atoms with Crippen LogP contribution in [0.15, 0.2) is 42.6 Å². The second-order valence-corrected chi connectivity index (χ2v) is 6.27. The second kappa shape index (κ2) is 5.22. The zero-order valence-electron chi connectivity index (χ0n) is 10.3. The van der Waals surface area contributed by atoms with Crippen molar-refractivity contribution in [3.63, 3.8) is 0 Å². The summed E-state index contributed by atoms with van der Waals surface area (Å²) in [6, 6.07) is 11.8. The number of nitrogens with zero attached hydrogens (tertiary/aromatic N) is 2. The normalized spacial score (nSPS) is 11.7. The lowest BCUT2D eigenvalue weighted by Crippen LogP contribution is -2.20. The Morgan fingerprint density at radius 3 is 2.76 bits per heavy atom. The van der Waals surface area contributed by atoms with Crippen LogP contribution in [0.25, 0.3) is 10.9 Å². The quantitative estimate of drug-likeness (QED) is 0.733. The number of rotatable bonds is 3. The summed E-state index contributed by atoms with van der Waals surface area (Å²) in [6.07, 6.45) is 1.42. The van der Waals surface area contributed by atoms with Gasteiger partial charge in [-0.1, -0.05) is 29.3 Å². The first-order valence-corrected chi connectivity index (χ1v) is 7.83. The maximum Gasteiger partial charge on any atom is 0.429 e. The van der Waals surface area contributed by atoms with E-state index < -0.39 is 10.3 Å². The predicted molar refractivity (Wildman–Crippen MR) is 80.0 cm³/mol. The second-order valence-electron chi connectivity index (χ2n) is 4.09. The molecule has 0 aliphatic heterocycles.